The Hall–Kier alpha value is 0. The SMILES string of the molecule is [CH]1CC2CC(C1)C1CC21. The van der Waals surface area contributed by atoms with Gasteiger partial charge in [-0.2, -0.15) is 0 Å². The molecule has 0 nitrogen and oxygen atoms in total. The summed E-state index contributed by atoms with van der Waals surface area (Å²) in [7, 11) is 0. The molecule has 0 aliphatic heterocycles. The molecule has 3 aliphatic rings. The predicted molar refractivity (Wildman–Crippen MR) is 36.7 cm³/mol. The van der Waals surface area contributed by atoms with E-state index in [2.05, 4.69) is 6.42 Å². The third kappa shape index (κ3) is 0.500. The van der Waals surface area contributed by atoms with E-state index >= 15 is 0 Å². The van der Waals surface area contributed by atoms with Crippen molar-refractivity contribution >= 4 is 0 Å². The standard InChI is InChI=1S/C9H13/c1-2-6-4-7(3-1)9-5-8(6)9/h1,6-9H,2-5H2. The van der Waals surface area contributed by atoms with Gasteiger partial charge in [0.2, 0.25) is 0 Å². The average molecular weight is 121 g/mol. The van der Waals surface area contributed by atoms with E-state index in [-0.39, 0.29) is 0 Å². The van der Waals surface area contributed by atoms with Crippen LogP contribution in [-0.4, -0.2) is 0 Å². The summed E-state index contributed by atoms with van der Waals surface area (Å²) in [6.07, 6.45) is 8.63. The highest BCUT2D eigenvalue weighted by Crippen LogP contribution is 2.63. The fraction of sp³-hybridized carbons (Fsp3) is 0.889. The van der Waals surface area contributed by atoms with Gasteiger partial charge in [-0.05, 0) is 55.8 Å². The molecule has 4 unspecified atom stereocenters. The monoisotopic (exact) mass is 121 g/mol. The van der Waals surface area contributed by atoms with Gasteiger partial charge < -0.3 is 0 Å². The smallest absolute Gasteiger partial charge is 0.0352 e. The summed E-state index contributed by atoms with van der Waals surface area (Å²) in [5.41, 5.74) is 0. The maximum atomic E-state index is 2.53. The largest absolute Gasteiger partial charge is 0.0470 e. The van der Waals surface area contributed by atoms with Crippen LogP contribution in [0.1, 0.15) is 25.7 Å². The third-order valence-corrected chi connectivity index (χ3v) is 3.65. The summed E-state index contributed by atoms with van der Waals surface area (Å²) < 4.78 is 0. The van der Waals surface area contributed by atoms with Crippen LogP contribution in [0.4, 0.5) is 0 Å². The zero-order valence-corrected chi connectivity index (χ0v) is 5.72. The van der Waals surface area contributed by atoms with Crippen LogP contribution in [0, 0.1) is 30.1 Å². The topological polar surface area (TPSA) is 0 Å². The molecular weight excluding hydrogens is 108 g/mol. The van der Waals surface area contributed by atoms with E-state index in [1.165, 1.54) is 24.7 Å². The fourth-order valence-corrected chi connectivity index (χ4v) is 3.12. The van der Waals surface area contributed by atoms with Crippen LogP contribution in [0.5, 0.6) is 0 Å². The molecule has 1 radical (unpaired) electrons. The molecule has 3 rings (SSSR count). The summed E-state index contributed by atoms with van der Waals surface area (Å²) in [5, 5.41) is 0. The zero-order chi connectivity index (χ0) is 5.84. The van der Waals surface area contributed by atoms with Crippen LogP contribution < -0.4 is 0 Å². The van der Waals surface area contributed by atoms with E-state index in [1.54, 1.807) is 12.8 Å². The van der Waals surface area contributed by atoms with Gasteiger partial charge >= 0.3 is 0 Å². The normalized spacial score (nSPS) is 61.3. The highest BCUT2D eigenvalue weighted by molar-refractivity contribution is 5.07. The molecule has 0 N–H and O–H groups in total. The van der Waals surface area contributed by atoms with Gasteiger partial charge in [0.1, 0.15) is 0 Å². The number of fused-ring (bicyclic) bond motifs is 5. The molecule has 0 heterocycles. The maximum absolute atomic E-state index is 2.53. The van der Waals surface area contributed by atoms with Crippen molar-refractivity contribution in [2.45, 2.75) is 25.7 Å². The zero-order valence-electron chi connectivity index (χ0n) is 5.72. The Labute approximate surface area is 56.6 Å². The van der Waals surface area contributed by atoms with Crippen LogP contribution in [0.25, 0.3) is 0 Å². The minimum Gasteiger partial charge on any atom is -0.0470 e. The lowest BCUT2D eigenvalue weighted by Gasteiger charge is -2.21. The van der Waals surface area contributed by atoms with Gasteiger partial charge in [0.15, 0.2) is 0 Å². The van der Waals surface area contributed by atoms with Crippen LogP contribution in [0.15, 0.2) is 0 Å². The first-order chi connectivity index (χ1) is 4.45. The molecule has 0 saturated heterocycles. The van der Waals surface area contributed by atoms with Crippen LogP contribution in [-0.2, 0) is 0 Å². The second-order valence-electron chi connectivity index (χ2n) is 4.08. The average Bonchev–Trinajstić information content (AvgIpc) is 2.62. The summed E-state index contributed by atoms with van der Waals surface area (Å²) in [5.74, 6) is 4.70. The molecule has 9 heavy (non-hydrogen) atoms. The minimum absolute atomic E-state index is 1.15. The van der Waals surface area contributed by atoms with E-state index in [1.807, 2.05) is 0 Å². The molecule has 3 aliphatic carbocycles. The van der Waals surface area contributed by atoms with Crippen molar-refractivity contribution in [3.05, 3.63) is 6.42 Å². The van der Waals surface area contributed by atoms with Crippen molar-refractivity contribution in [2.24, 2.45) is 23.7 Å². The van der Waals surface area contributed by atoms with Crippen molar-refractivity contribution in [3.63, 3.8) is 0 Å². The van der Waals surface area contributed by atoms with Crippen molar-refractivity contribution in [1.29, 1.82) is 0 Å². The summed E-state index contributed by atoms with van der Waals surface area (Å²) in [6, 6.07) is 0. The predicted octanol–water partition coefficient (Wildman–Crippen LogP) is 2.26. The summed E-state index contributed by atoms with van der Waals surface area (Å²) >= 11 is 0. The first-order valence-electron chi connectivity index (χ1n) is 4.27. The van der Waals surface area contributed by atoms with E-state index in [0.717, 1.165) is 11.8 Å². The molecule has 4 atom stereocenters. The van der Waals surface area contributed by atoms with Crippen molar-refractivity contribution < 1.29 is 0 Å². The van der Waals surface area contributed by atoms with Crippen molar-refractivity contribution in [2.75, 3.05) is 0 Å². The molecule has 49 valence electrons. The quantitative estimate of drug-likeness (QED) is 0.461. The van der Waals surface area contributed by atoms with Crippen LogP contribution in [0.3, 0.4) is 0 Å². The van der Waals surface area contributed by atoms with Gasteiger partial charge in [-0.3, -0.25) is 0 Å². The van der Waals surface area contributed by atoms with Gasteiger partial charge in [0, 0.05) is 0 Å². The number of hydrogen-bond donors (Lipinski definition) is 0. The van der Waals surface area contributed by atoms with Crippen LogP contribution in [0.2, 0.25) is 0 Å². The van der Waals surface area contributed by atoms with Crippen molar-refractivity contribution in [1.82, 2.24) is 0 Å². The Balaban J connectivity index is 1.92. The molecule has 0 aromatic carbocycles. The summed E-state index contributed by atoms with van der Waals surface area (Å²) in [6.45, 7) is 0. The molecule has 0 spiro atoms. The van der Waals surface area contributed by atoms with Gasteiger partial charge in [-0.1, -0.05) is 0 Å². The Kier molecular flexibility index (Phi) is 0.717. The fourth-order valence-electron chi connectivity index (χ4n) is 3.12. The lowest BCUT2D eigenvalue weighted by Crippen LogP contribution is -2.10. The Bertz CT molecular complexity index is 125. The van der Waals surface area contributed by atoms with Gasteiger partial charge in [-0.15, -0.1) is 0 Å². The highest BCUT2D eigenvalue weighted by atomic mass is 14.6. The van der Waals surface area contributed by atoms with E-state index in [4.69, 9.17) is 0 Å². The maximum Gasteiger partial charge on any atom is -0.0352 e. The second-order valence-corrected chi connectivity index (χ2v) is 4.08. The Morgan fingerprint density at radius 3 is 2.11 bits per heavy atom. The summed E-state index contributed by atoms with van der Waals surface area (Å²) in [4.78, 5) is 0. The van der Waals surface area contributed by atoms with E-state index in [0.29, 0.717) is 0 Å². The molecule has 2 bridgehead atoms. The highest BCUT2D eigenvalue weighted by Gasteiger charge is 2.54. The number of hydrogen-bond acceptors (Lipinski definition) is 0. The molecular formula is C9H13. The van der Waals surface area contributed by atoms with Gasteiger partial charge in [0.25, 0.3) is 0 Å². The second kappa shape index (κ2) is 1.36. The molecule has 3 fully saturated rings. The minimum atomic E-state index is 1.15. The molecule has 0 amide bonds. The first kappa shape index (κ1) is 4.76. The van der Waals surface area contributed by atoms with E-state index < -0.39 is 0 Å². The van der Waals surface area contributed by atoms with Gasteiger partial charge in [0.05, 0.1) is 0 Å². The molecule has 0 heteroatoms. The lowest BCUT2D eigenvalue weighted by atomic mass is 9.84. The molecule has 3 saturated carbocycles. The van der Waals surface area contributed by atoms with Crippen LogP contribution >= 0.6 is 0 Å². The molecule has 0 aromatic heterocycles. The Morgan fingerprint density at radius 1 is 0.889 bits per heavy atom. The third-order valence-electron chi connectivity index (χ3n) is 3.65. The first-order valence-corrected chi connectivity index (χ1v) is 4.27. The molecule has 0 aromatic rings. The Morgan fingerprint density at radius 2 is 1.56 bits per heavy atom. The van der Waals surface area contributed by atoms with E-state index in [9.17, 15) is 0 Å². The lowest BCUT2D eigenvalue weighted by molar-refractivity contribution is 0.354. The number of rotatable bonds is 0. The van der Waals surface area contributed by atoms with Gasteiger partial charge in [-0.25, -0.2) is 0 Å². The van der Waals surface area contributed by atoms with Crippen molar-refractivity contribution in [3.8, 4) is 0 Å².